The summed E-state index contributed by atoms with van der Waals surface area (Å²) in [5, 5.41) is 0. The second-order valence-corrected chi connectivity index (χ2v) is 9.57. The van der Waals surface area contributed by atoms with E-state index >= 15 is 0 Å². The molecule has 172 valence electrons. The van der Waals surface area contributed by atoms with Crippen molar-refractivity contribution >= 4 is 11.9 Å². The lowest BCUT2D eigenvalue weighted by Crippen LogP contribution is -2.30. The lowest BCUT2D eigenvalue weighted by molar-refractivity contribution is -0.154. The Morgan fingerprint density at radius 1 is 0.567 bits per heavy atom. The predicted molar refractivity (Wildman–Crippen MR) is 113 cm³/mol. The average molecular weight is 425 g/mol. The molecule has 3 saturated carbocycles. The van der Waals surface area contributed by atoms with Gasteiger partial charge in [-0.1, -0.05) is 0 Å². The Bertz CT molecular complexity index is 478. The van der Waals surface area contributed by atoms with E-state index in [0.717, 1.165) is 77.0 Å². The summed E-state index contributed by atoms with van der Waals surface area (Å²) in [4.78, 5) is 24.7. The zero-order valence-electron chi connectivity index (χ0n) is 18.8. The normalized spacial score (nSPS) is 34.9. The van der Waals surface area contributed by atoms with Crippen molar-refractivity contribution < 1.29 is 28.5 Å². The van der Waals surface area contributed by atoms with Gasteiger partial charge in [0.05, 0.1) is 37.3 Å². The Hall–Kier alpha value is -1.14. The molecule has 0 aromatic heterocycles. The van der Waals surface area contributed by atoms with E-state index in [1.807, 2.05) is 0 Å². The number of methoxy groups -OCH3 is 2. The summed E-state index contributed by atoms with van der Waals surface area (Å²) >= 11 is 0. The largest absolute Gasteiger partial charge is 0.465 e. The number of hydrogen-bond donors (Lipinski definition) is 0. The molecule has 0 aliphatic heterocycles. The fourth-order valence-corrected chi connectivity index (χ4v) is 5.27. The first-order valence-electron chi connectivity index (χ1n) is 12.0. The van der Waals surface area contributed by atoms with Crippen molar-refractivity contribution in [1.82, 2.24) is 0 Å². The van der Waals surface area contributed by atoms with Gasteiger partial charge < -0.3 is 18.9 Å². The van der Waals surface area contributed by atoms with E-state index in [0.29, 0.717) is 37.3 Å². The quantitative estimate of drug-likeness (QED) is 0.541. The lowest BCUT2D eigenvalue weighted by Gasteiger charge is -2.30. The molecule has 0 aromatic carbocycles. The third kappa shape index (κ3) is 6.94. The molecule has 0 N–H and O–H groups in total. The van der Waals surface area contributed by atoms with Crippen molar-refractivity contribution in [2.45, 2.75) is 89.3 Å². The van der Waals surface area contributed by atoms with Gasteiger partial charge in [-0.25, -0.2) is 0 Å². The molecule has 0 heterocycles. The SMILES string of the molecule is COC1CCC(C(=O)OCC2CCC(COC(=O)C3CCC(OC)CC3)CC2)CC1. The Kier molecular flexibility index (Phi) is 9.44. The highest BCUT2D eigenvalue weighted by Gasteiger charge is 2.30. The third-order valence-corrected chi connectivity index (χ3v) is 7.57. The number of carbonyl (C=O) groups is 2. The van der Waals surface area contributed by atoms with E-state index in [-0.39, 0.29) is 23.8 Å². The summed E-state index contributed by atoms with van der Waals surface area (Å²) in [6.45, 7) is 1.08. The Balaban J connectivity index is 1.26. The van der Waals surface area contributed by atoms with Crippen molar-refractivity contribution in [3.63, 3.8) is 0 Å². The zero-order chi connectivity index (χ0) is 21.3. The van der Waals surface area contributed by atoms with Crippen LogP contribution in [0.5, 0.6) is 0 Å². The van der Waals surface area contributed by atoms with Gasteiger partial charge >= 0.3 is 11.9 Å². The molecule has 0 radical (unpaired) electrons. The standard InChI is InChI=1S/C24H40O6/c1-27-21-11-7-19(8-12-21)23(25)29-15-17-3-5-18(6-4-17)16-30-24(26)20-9-13-22(28-2)14-10-20/h17-22H,3-16H2,1-2H3. The molecule has 0 aromatic rings. The van der Waals surface area contributed by atoms with Crippen LogP contribution in [-0.2, 0) is 28.5 Å². The van der Waals surface area contributed by atoms with E-state index in [1.165, 1.54) is 0 Å². The van der Waals surface area contributed by atoms with Crippen LogP contribution in [0.3, 0.4) is 0 Å². The minimum absolute atomic E-state index is 0.0243. The van der Waals surface area contributed by atoms with Gasteiger partial charge in [0.2, 0.25) is 0 Å². The Labute approximate surface area is 181 Å². The maximum Gasteiger partial charge on any atom is 0.308 e. The van der Waals surface area contributed by atoms with Crippen LogP contribution in [0.4, 0.5) is 0 Å². The molecule has 3 aliphatic rings. The van der Waals surface area contributed by atoms with Crippen LogP contribution in [0.1, 0.15) is 77.0 Å². The molecule has 30 heavy (non-hydrogen) atoms. The van der Waals surface area contributed by atoms with Gasteiger partial charge in [0, 0.05) is 14.2 Å². The van der Waals surface area contributed by atoms with Crippen LogP contribution in [0.2, 0.25) is 0 Å². The second kappa shape index (κ2) is 12.0. The average Bonchev–Trinajstić information content (AvgIpc) is 2.81. The van der Waals surface area contributed by atoms with Gasteiger partial charge in [0.1, 0.15) is 0 Å². The molecule has 3 aliphatic carbocycles. The molecular formula is C24H40O6. The van der Waals surface area contributed by atoms with Gasteiger partial charge in [-0.3, -0.25) is 9.59 Å². The summed E-state index contributed by atoms with van der Waals surface area (Å²) in [7, 11) is 3.49. The topological polar surface area (TPSA) is 71.1 Å². The van der Waals surface area contributed by atoms with E-state index in [9.17, 15) is 9.59 Å². The highest BCUT2D eigenvalue weighted by atomic mass is 16.5. The molecule has 6 nitrogen and oxygen atoms in total. The minimum atomic E-state index is -0.0243. The first-order valence-corrected chi connectivity index (χ1v) is 12.0. The molecule has 6 heteroatoms. The molecule has 0 bridgehead atoms. The van der Waals surface area contributed by atoms with Crippen LogP contribution >= 0.6 is 0 Å². The van der Waals surface area contributed by atoms with Gasteiger partial charge in [-0.05, 0) is 88.9 Å². The van der Waals surface area contributed by atoms with Crippen LogP contribution in [-0.4, -0.2) is 51.6 Å². The molecule has 3 fully saturated rings. The molecule has 3 rings (SSSR count). The van der Waals surface area contributed by atoms with Crippen molar-refractivity contribution in [2.75, 3.05) is 27.4 Å². The monoisotopic (exact) mass is 424 g/mol. The molecular weight excluding hydrogens is 384 g/mol. The van der Waals surface area contributed by atoms with E-state index < -0.39 is 0 Å². The van der Waals surface area contributed by atoms with Crippen molar-refractivity contribution in [2.24, 2.45) is 23.7 Å². The van der Waals surface area contributed by atoms with E-state index in [2.05, 4.69) is 0 Å². The van der Waals surface area contributed by atoms with Crippen molar-refractivity contribution in [3.05, 3.63) is 0 Å². The van der Waals surface area contributed by atoms with E-state index in [4.69, 9.17) is 18.9 Å². The number of esters is 2. The zero-order valence-corrected chi connectivity index (χ0v) is 18.8. The predicted octanol–water partition coefficient (Wildman–Crippen LogP) is 4.29. The third-order valence-electron chi connectivity index (χ3n) is 7.57. The molecule has 0 atom stereocenters. The fourth-order valence-electron chi connectivity index (χ4n) is 5.27. The van der Waals surface area contributed by atoms with Gasteiger partial charge in [-0.2, -0.15) is 0 Å². The van der Waals surface area contributed by atoms with Gasteiger partial charge in [0.25, 0.3) is 0 Å². The molecule has 0 spiro atoms. The highest BCUT2D eigenvalue weighted by molar-refractivity contribution is 5.72. The first kappa shape index (κ1) is 23.5. The number of carbonyl (C=O) groups excluding carboxylic acids is 2. The Morgan fingerprint density at radius 2 is 0.900 bits per heavy atom. The highest BCUT2D eigenvalue weighted by Crippen LogP contribution is 2.32. The fraction of sp³-hybridized carbons (Fsp3) is 0.917. The number of hydrogen-bond acceptors (Lipinski definition) is 6. The van der Waals surface area contributed by atoms with Crippen LogP contribution in [0.15, 0.2) is 0 Å². The Morgan fingerprint density at radius 3 is 1.20 bits per heavy atom. The maximum absolute atomic E-state index is 12.3. The molecule has 0 unspecified atom stereocenters. The number of rotatable bonds is 8. The van der Waals surface area contributed by atoms with Gasteiger partial charge in [-0.15, -0.1) is 0 Å². The lowest BCUT2D eigenvalue weighted by atomic mass is 9.82. The van der Waals surface area contributed by atoms with Crippen molar-refractivity contribution in [3.8, 4) is 0 Å². The number of ether oxygens (including phenoxy) is 4. The van der Waals surface area contributed by atoms with Crippen molar-refractivity contribution in [1.29, 1.82) is 0 Å². The summed E-state index contributed by atoms with van der Waals surface area (Å²) in [6, 6.07) is 0. The summed E-state index contributed by atoms with van der Waals surface area (Å²) in [5.41, 5.74) is 0. The van der Waals surface area contributed by atoms with E-state index in [1.54, 1.807) is 14.2 Å². The van der Waals surface area contributed by atoms with Crippen LogP contribution in [0.25, 0.3) is 0 Å². The van der Waals surface area contributed by atoms with Crippen LogP contribution in [0, 0.1) is 23.7 Å². The summed E-state index contributed by atoms with van der Waals surface area (Å²) < 4.78 is 22.0. The smallest absolute Gasteiger partial charge is 0.308 e. The molecule has 0 amide bonds. The first-order chi connectivity index (χ1) is 14.6. The van der Waals surface area contributed by atoms with Gasteiger partial charge in [0.15, 0.2) is 0 Å². The summed E-state index contributed by atoms with van der Waals surface area (Å²) in [6.07, 6.45) is 12.1. The molecule has 0 saturated heterocycles. The minimum Gasteiger partial charge on any atom is -0.465 e. The van der Waals surface area contributed by atoms with Crippen LogP contribution < -0.4 is 0 Å². The summed E-state index contributed by atoms with van der Waals surface area (Å²) in [5.74, 6) is 0.936. The second-order valence-electron chi connectivity index (χ2n) is 9.57. The maximum atomic E-state index is 12.3.